The lowest BCUT2D eigenvalue weighted by Crippen LogP contribution is -2.28. The van der Waals surface area contributed by atoms with E-state index in [2.05, 4.69) is 0 Å². The highest BCUT2D eigenvalue weighted by atomic mass is 16.2. The van der Waals surface area contributed by atoms with E-state index in [0.717, 1.165) is 39.1 Å². The Hall–Kier alpha value is -3.53. The monoisotopic (exact) mass is 423 g/mol. The van der Waals surface area contributed by atoms with Crippen LogP contribution >= 0.6 is 0 Å². The predicted molar refractivity (Wildman–Crippen MR) is 125 cm³/mol. The maximum absolute atomic E-state index is 14.0. The second-order valence-corrected chi connectivity index (χ2v) is 8.99. The largest absolute Gasteiger partial charge is 0.304 e. The van der Waals surface area contributed by atoms with Crippen molar-refractivity contribution in [1.29, 1.82) is 0 Å². The highest BCUT2D eigenvalue weighted by Crippen LogP contribution is 2.42. The van der Waals surface area contributed by atoms with Crippen molar-refractivity contribution >= 4 is 23.2 Å². The van der Waals surface area contributed by atoms with Gasteiger partial charge in [0.05, 0.1) is 6.54 Å². The van der Waals surface area contributed by atoms with E-state index in [-0.39, 0.29) is 17.5 Å². The van der Waals surface area contributed by atoms with Gasteiger partial charge in [-0.3, -0.25) is 14.4 Å². The molecule has 0 aromatic heterocycles. The number of anilines is 1. The van der Waals surface area contributed by atoms with E-state index in [1.807, 2.05) is 71.9 Å². The highest BCUT2D eigenvalue weighted by molar-refractivity contribution is 6.32. The van der Waals surface area contributed by atoms with E-state index in [9.17, 15) is 14.4 Å². The van der Waals surface area contributed by atoms with Crippen LogP contribution in [-0.4, -0.2) is 17.5 Å². The SMILES string of the molecule is Cc1c(C)c(C)c2c(c1C)C(=O)c1c(C)c(C)c3c(c1C2=O)CN(c1ccccc1)C3=O. The van der Waals surface area contributed by atoms with Crippen LogP contribution in [0.15, 0.2) is 30.3 Å². The molecule has 0 fully saturated rings. The third-order valence-electron chi connectivity index (χ3n) is 7.60. The summed E-state index contributed by atoms with van der Waals surface area (Å²) in [6, 6.07) is 9.46. The summed E-state index contributed by atoms with van der Waals surface area (Å²) >= 11 is 0. The fourth-order valence-corrected chi connectivity index (χ4v) is 5.36. The first kappa shape index (κ1) is 20.4. The van der Waals surface area contributed by atoms with Crippen LogP contribution in [0.4, 0.5) is 5.69 Å². The zero-order chi connectivity index (χ0) is 23.1. The Kier molecular flexibility index (Phi) is 4.29. The molecule has 1 heterocycles. The summed E-state index contributed by atoms with van der Waals surface area (Å²) in [6.07, 6.45) is 0. The van der Waals surface area contributed by atoms with Gasteiger partial charge in [-0.05, 0) is 92.6 Å². The van der Waals surface area contributed by atoms with E-state index < -0.39 is 0 Å². The Morgan fingerprint density at radius 3 is 1.56 bits per heavy atom. The summed E-state index contributed by atoms with van der Waals surface area (Å²) in [7, 11) is 0. The van der Waals surface area contributed by atoms with Gasteiger partial charge in [0.1, 0.15) is 0 Å². The van der Waals surface area contributed by atoms with Crippen molar-refractivity contribution in [2.24, 2.45) is 0 Å². The minimum atomic E-state index is -0.139. The van der Waals surface area contributed by atoms with Crippen LogP contribution in [0.25, 0.3) is 0 Å². The van der Waals surface area contributed by atoms with Gasteiger partial charge in [0.2, 0.25) is 0 Å². The van der Waals surface area contributed by atoms with Crippen LogP contribution in [0.5, 0.6) is 0 Å². The van der Waals surface area contributed by atoms with Crippen molar-refractivity contribution in [2.45, 2.75) is 48.1 Å². The second kappa shape index (κ2) is 6.73. The number of carbonyl (C=O) groups excluding carboxylic acids is 3. The van der Waals surface area contributed by atoms with Crippen LogP contribution < -0.4 is 4.90 Å². The third kappa shape index (κ3) is 2.41. The van der Waals surface area contributed by atoms with Crippen LogP contribution in [0.1, 0.15) is 81.1 Å². The zero-order valence-electron chi connectivity index (χ0n) is 19.3. The molecule has 32 heavy (non-hydrogen) atoms. The van der Waals surface area contributed by atoms with Gasteiger partial charge in [-0.2, -0.15) is 0 Å². The maximum atomic E-state index is 14.0. The van der Waals surface area contributed by atoms with Crippen LogP contribution in [-0.2, 0) is 6.54 Å². The van der Waals surface area contributed by atoms with E-state index in [1.165, 1.54) is 0 Å². The summed E-state index contributed by atoms with van der Waals surface area (Å²) in [5, 5.41) is 0. The van der Waals surface area contributed by atoms with Gasteiger partial charge >= 0.3 is 0 Å². The summed E-state index contributed by atoms with van der Waals surface area (Å²) in [6.45, 7) is 11.9. The maximum Gasteiger partial charge on any atom is 0.259 e. The summed E-state index contributed by atoms with van der Waals surface area (Å²) < 4.78 is 0. The van der Waals surface area contributed by atoms with Crippen molar-refractivity contribution in [3.63, 3.8) is 0 Å². The molecule has 4 nitrogen and oxygen atoms in total. The average molecular weight is 424 g/mol. The molecular formula is C28H25NO3. The lowest BCUT2D eigenvalue weighted by Gasteiger charge is -2.27. The molecule has 0 bridgehead atoms. The van der Waals surface area contributed by atoms with Crippen molar-refractivity contribution < 1.29 is 14.4 Å². The average Bonchev–Trinajstić information content (AvgIpc) is 3.13. The van der Waals surface area contributed by atoms with Gasteiger partial charge in [0.15, 0.2) is 11.6 Å². The molecule has 1 amide bonds. The molecule has 5 rings (SSSR count). The highest BCUT2D eigenvalue weighted by Gasteiger charge is 2.42. The molecule has 0 saturated heterocycles. The van der Waals surface area contributed by atoms with E-state index >= 15 is 0 Å². The lowest BCUT2D eigenvalue weighted by molar-refractivity contribution is 0.0976. The van der Waals surface area contributed by atoms with Crippen LogP contribution in [0.2, 0.25) is 0 Å². The summed E-state index contributed by atoms with van der Waals surface area (Å²) in [4.78, 5) is 43.0. The standard InChI is InChI=1S/C28H25NO3/c1-13-14(2)16(4)23-22(15(13)3)26(30)24-18(6)17(5)21-20(25(24)27(23)31)12-29(28(21)32)19-10-8-7-9-11-19/h7-11H,12H2,1-6H3. The molecule has 1 aliphatic heterocycles. The number of benzene rings is 3. The van der Waals surface area contributed by atoms with Gasteiger partial charge in [0.25, 0.3) is 5.91 Å². The van der Waals surface area contributed by atoms with E-state index in [1.54, 1.807) is 4.90 Å². The third-order valence-corrected chi connectivity index (χ3v) is 7.60. The Labute approximate surface area is 187 Å². The number of ketones is 2. The first-order valence-electron chi connectivity index (χ1n) is 10.9. The van der Waals surface area contributed by atoms with Crippen molar-refractivity contribution in [1.82, 2.24) is 0 Å². The molecule has 0 saturated carbocycles. The Bertz CT molecular complexity index is 1400. The van der Waals surface area contributed by atoms with Crippen molar-refractivity contribution in [2.75, 3.05) is 4.90 Å². The topological polar surface area (TPSA) is 54.5 Å². The van der Waals surface area contributed by atoms with Gasteiger partial charge in [-0.1, -0.05) is 18.2 Å². The normalized spacial score (nSPS) is 14.6. The van der Waals surface area contributed by atoms with E-state index in [0.29, 0.717) is 39.9 Å². The first-order chi connectivity index (χ1) is 15.2. The Balaban J connectivity index is 1.82. The number of hydrogen-bond acceptors (Lipinski definition) is 3. The molecule has 3 aromatic carbocycles. The molecule has 0 spiro atoms. The number of fused-ring (bicyclic) bond motifs is 4. The number of para-hydroxylation sites is 1. The van der Waals surface area contributed by atoms with Gasteiger partial charge in [0, 0.05) is 33.5 Å². The predicted octanol–water partition coefficient (Wildman–Crippen LogP) is 5.47. The molecule has 160 valence electrons. The zero-order valence-corrected chi connectivity index (χ0v) is 19.3. The fourth-order valence-electron chi connectivity index (χ4n) is 5.36. The number of rotatable bonds is 1. The molecule has 1 aliphatic carbocycles. The number of nitrogens with zero attached hydrogens (tertiary/aromatic N) is 1. The minimum absolute atomic E-state index is 0.104. The minimum Gasteiger partial charge on any atom is -0.304 e. The molecule has 0 N–H and O–H groups in total. The molecule has 2 aliphatic rings. The molecule has 0 unspecified atom stereocenters. The number of carbonyl (C=O) groups is 3. The molecule has 3 aromatic rings. The summed E-state index contributed by atoms with van der Waals surface area (Å²) in [5.74, 6) is -0.360. The molecule has 0 radical (unpaired) electrons. The van der Waals surface area contributed by atoms with Gasteiger partial charge < -0.3 is 4.90 Å². The Morgan fingerprint density at radius 2 is 1.00 bits per heavy atom. The van der Waals surface area contributed by atoms with Crippen molar-refractivity contribution in [3.8, 4) is 0 Å². The fraction of sp³-hybridized carbons (Fsp3) is 0.250. The molecular weight excluding hydrogens is 398 g/mol. The quantitative estimate of drug-likeness (QED) is 0.408. The second-order valence-electron chi connectivity index (χ2n) is 8.99. The number of amides is 1. The van der Waals surface area contributed by atoms with Crippen molar-refractivity contribution in [3.05, 3.63) is 97.1 Å². The Morgan fingerprint density at radius 1 is 0.562 bits per heavy atom. The van der Waals surface area contributed by atoms with Crippen LogP contribution in [0, 0.1) is 41.5 Å². The first-order valence-corrected chi connectivity index (χ1v) is 10.9. The van der Waals surface area contributed by atoms with Crippen LogP contribution in [0.3, 0.4) is 0 Å². The molecule has 4 heteroatoms. The van der Waals surface area contributed by atoms with E-state index in [4.69, 9.17) is 0 Å². The molecule has 0 atom stereocenters. The number of hydrogen-bond donors (Lipinski definition) is 0. The van der Waals surface area contributed by atoms with Gasteiger partial charge in [-0.15, -0.1) is 0 Å². The lowest BCUT2D eigenvalue weighted by atomic mass is 9.73. The van der Waals surface area contributed by atoms with Gasteiger partial charge in [-0.25, -0.2) is 0 Å². The summed E-state index contributed by atoms with van der Waals surface area (Å²) in [5.41, 5.74) is 9.23. The smallest absolute Gasteiger partial charge is 0.259 e.